The first-order valence-corrected chi connectivity index (χ1v) is 11.6. The number of nitrogens with zero attached hydrogens (tertiary/aromatic N) is 2. The first kappa shape index (κ1) is 26.5. The Morgan fingerprint density at radius 2 is 1.76 bits per heavy atom. The molecule has 2 heterocycles. The van der Waals surface area contributed by atoms with E-state index in [9.17, 15) is 14.7 Å². The van der Waals surface area contributed by atoms with E-state index in [-0.39, 0.29) is 5.56 Å². The number of hydrogen-bond acceptors (Lipinski definition) is 5. The average Bonchev–Trinajstić information content (AvgIpc) is 3.42. The van der Waals surface area contributed by atoms with E-state index in [0.717, 1.165) is 48.1 Å². The summed E-state index contributed by atoms with van der Waals surface area (Å²) in [4.78, 5) is 37.5. The number of aliphatic carboxylic acids is 2. The van der Waals surface area contributed by atoms with Crippen LogP contribution in [0, 0.1) is 0 Å². The molecule has 0 aliphatic rings. The first-order chi connectivity index (χ1) is 16.2. The van der Waals surface area contributed by atoms with Crippen LogP contribution in [0.4, 0.5) is 0 Å². The van der Waals surface area contributed by atoms with Crippen LogP contribution in [0.2, 0.25) is 0 Å². The lowest BCUT2D eigenvalue weighted by atomic mass is 10.1. The summed E-state index contributed by atoms with van der Waals surface area (Å²) in [5.41, 5.74) is 2.21. The monoisotopic (exact) mass is 484 g/mol. The molecule has 1 aromatic carbocycles. The molecule has 0 bridgehead atoms. The molecule has 0 atom stereocenters. The van der Waals surface area contributed by atoms with E-state index in [4.69, 9.17) is 15.0 Å². The number of aromatic nitrogens is 2. The summed E-state index contributed by atoms with van der Waals surface area (Å²) >= 11 is 1.53. The van der Waals surface area contributed by atoms with Gasteiger partial charge in [0.2, 0.25) is 0 Å². The van der Waals surface area contributed by atoms with E-state index in [1.54, 1.807) is 36.5 Å². The molecule has 2 aromatic heterocycles. The molecule has 0 fully saturated rings. The third-order valence-electron chi connectivity index (χ3n) is 4.81. The van der Waals surface area contributed by atoms with Crippen LogP contribution in [-0.4, -0.2) is 42.8 Å². The smallest absolute Gasteiger partial charge is 0.335 e. The van der Waals surface area contributed by atoms with Crippen molar-refractivity contribution in [1.82, 2.24) is 9.55 Å². The van der Waals surface area contributed by atoms with Gasteiger partial charge in [0.1, 0.15) is 5.82 Å². The second kappa shape index (κ2) is 13.1. The maximum Gasteiger partial charge on any atom is 0.335 e. The minimum absolute atomic E-state index is 0.236. The van der Waals surface area contributed by atoms with E-state index in [0.29, 0.717) is 18.5 Å². The lowest BCUT2D eigenvalue weighted by Gasteiger charge is -2.12. The van der Waals surface area contributed by atoms with Crippen molar-refractivity contribution < 1.29 is 29.7 Å². The number of carboxylic acid groups (broad SMARTS) is 3. The van der Waals surface area contributed by atoms with Crippen molar-refractivity contribution >= 4 is 35.3 Å². The van der Waals surface area contributed by atoms with Gasteiger partial charge in [-0.15, -0.1) is 11.3 Å². The highest BCUT2D eigenvalue weighted by Gasteiger charge is 2.14. The van der Waals surface area contributed by atoms with Crippen molar-refractivity contribution in [1.29, 1.82) is 0 Å². The molecule has 0 aliphatic heterocycles. The maximum atomic E-state index is 11.8. The molecule has 180 valence electrons. The predicted molar refractivity (Wildman–Crippen MR) is 130 cm³/mol. The molecule has 9 heteroatoms. The molecule has 0 amide bonds. The Bertz CT molecular complexity index is 1130. The fraction of sp³-hybridized carbons (Fsp3) is 0.280. The molecule has 0 radical (unpaired) electrons. The van der Waals surface area contributed by atoms with Crippen molar-refractivity contribution in [3.05, 3.63) is 81.1 Å². The summed E-state index contributed by atoms with van der Waals surface area (Å²) in [5, 5.41) is 28.1. The van der Waals surface area contributed by atoms with Gasteiger partial charge in [-0.1, -0.05) is 31.5 Å². The van der Waals surface area contributed by atoms with Crippen LogP contribution >= 0.6 is 11.3 Å². The number of imidazole rings is 1. The fourth-order valence-electron chi connectivity index (χ4n) is 3.16. The minimum Gasteiger partial charge on any atom is -0.481 e. The third-order valence-corrected chi connectivity index (χ3v) is 5.68. The molecule has 3 aromatic rings. The van der Waals surface area contributed by atoms with Crippen molar-refractivity contribution in [2.24, 2.45) is 0 Å². The van der Waals surface area contributed by atoms with Crippen LogP contribution in [0.15, 0.2) is 53.5 Å². The van der Waals surface area contributed by atoms with Crippen LogP contribution in [0.5, 0.6) is 0 Å². The predicted octanol–water partition coefficient (Wildman–Crippen LogP) is 4.84. The maximum absolute atomic E-state index is 11.8. The van der Waals surface area contributed by atoms with Gasteiger partial charge in [0.15, 0.2) is 0 Å². The summed E-state index contributed by atoms with van der Waals surface area (Å²) in [6.07, 6.45) is 6.58. The van der Waals surface area contributed by atoms with Gasteiger partial charge in [-0.05, 0) is 41.6 Å². The molecule has 3 N–H and O–H groups in total. The molecule has 3 rings (SSSR count). The van der Waals surface area contributed by atoms with Gasteiger partial charge < -0.3 is 19.9 Å². The summed E-state index contributed by atoms with van der Waals surface area (Å²) < 4.78 is 2.02. The van der Waals surface area contributed by atoms with Gasteiger partial charge in [-0.25, -0.2) is 14.6 Å². The van der Waals surface area contributed by atoms with Gasteiger partial charge in [-0.3, -0.25) is 4.79 Å². The van der Waals surface area contributed by atoms with E-state index < -0.39 is 17.9 Å². The van der Waals surface area contributed by atoms with Crippen molar-refractivity contribution in [2.75, 3.05) is 0 Å². The Morgan fingerprint density at radius 1 is 1.09 bits per heavy atom. The molecule has 0 saturated heterocycles. The topological polar surface area (TPSA) is 130 Å². The van der Waals surface area contributed by atoms with Crippen LogP contribution in [0.25, 0.3) is 6.08 Å². The van der Waals surface area contributed by atoms with Gasteiger partial charge in [0.25, 0.3) is 5.97 Å². The zero-order chi connectivity index (χ0) is 25.1. The number of benzene rings is 1. The highest BCUT2D eigenvalue weighted by molar-refractivity contribution is 7.09. The number of hydrogen-bond donors (Lipinski definition) is 3. The number of carboxylic acids is 3. The van der Waals surface area contributed by atoms with Crippen LogP contribution in [0.3, 0.4) is 0 Å². The van der Waals surface area contributed by atoms with Gasteiger partial charge in [0.05, 0.1) is 17.5 Å². The summed E-state index contributed by atoms with van der Waals surface area (Å²) in [6, 6.07) is 10.6. The van der Waals surface area contributed by atoms with Gasteiger partial charge in [0, 0.05) is 36.8 Å². The SMILES string of the molecule is CC(=O)O.CCCCc1ncc(C=C(Cc2cccs2)C(=O)O)n1Cc1ccc(C(=O)O)cc1. The summed E-state index contributed by atoms with van der Waals surface area (Å²) in [5.74, 6) is -1.85. The van der Waals surface area contributed by atoms with Crippen LogP contribution < -0.4 is 0 Å². The second-order valence-corrected chi connectivity index (χ2v) is 8.57. The Hall–Kier alpha value is -3.72. The van der Waals surface area contributed by atoms with E-state index in [1.807, 2.05) is 22.1 Å². The Morgan fingerprint density at radius 3 is 2.29 bits per heavy atom. The van der Waals surface area contributed by atoms with Crippen LogP contribution in [0.1, 0.15) is 59.0 Å². The molecule has 8 nitrogen and oxygen atoms in total. The molecule has 0 spiro atoms. The van der Waals surface area contributed by atoms with Gasteiger partial charge in [-0.2, -0.15) is 0 Å². The number of rotatable bonds is 10. The van der Waals surface area contributed by atoms with Crippen LogP contribution in [-0.2, 0) is 29.0 Å². The lowest BCUT2D eigenvalue weighted by Crippen LogP contribution is -2.09. The van der Waals surface area contributed by atoms with E-state index >= 15 is 0 Å². The number of aryl methyl sites for hydroxylation is 1. The number of carbonyl (C=O) groups is 3. The highest BCUT2D eigenvalue weighted by Crippen LogP contribution is 2.20. The normalized spacial score (nSPS) is 10.9. The highest BCUT2D eigenvalue weighted by atomic mass is 32.1. The molecule has 0 saturated carbocycles. The zero-order valence-electron chi connectivity index (χ0n) is 19.1. The summed E-state index contributed by atoms with van der Waals surface area (Å²) in [6.45, 7) is 3.69. The quantitative estimate of drug-likeness (QED) is 0.351. The lowest BCUT2D eigenvalue weighted by molar-refractivity contribution is -0.134. The molecular weight excluding hydrogens is 456 g/mol. The molecular formula is C25H28N2O6S. The average molecular weight is 485 g/mol. The minimum atomic E-state index is -0.962. The summed E-state index contributed by atoms with van der Waals surface area (Å²) in [7, 11) is 0. The molecule has 34 heavy (non-hydrogen) atoms. The Kier molecular flexibility index (Phi) is 10.2. The van der Waals surface area contributed by atoms with Gasteiger partial charge >= 0.3 is 11.9 Å². The first-order valence-electron chi connectivity index (χ1n) is 10.7. The van der Waals surface area contributed by atoms with Crippen molar-refractivity contribution in [3.8, 4) is 0 Å². The second-order valence-electron chi connectivity index (χ2n) is 7.54. The molecule has 0 aliphatic carbocycles. The van der Waals surface area contributed by atoms with E-state index in [1.165, 1.54) is 11.3 Å². The number of aromatic carboxylic acids is 1. The zero-order valence-corrected chi connectivity index (χ0v) is 19.9. The fourth-order valence-corrected chi connectivity index (χ4v) is 3.89. The Balaban J connectivity index is 0.000000945. The van der Waals surface area contributed by atoms with E-state index in [2.05, 4.69) is 11.9 Å². The third kappa shape index (κ3) is 8.32. The van der Waals surface area contributed by atoms with Crippen molar-refractivity contribution in [3.63, 3.8) is 0 Å². The number of thiophene rings is 1. The number of unbranched alkanes of at least 4 members (excludes halogenated alkanes) is 1. The largest absolute Gasteiger partial charge is 0.481 e. The standard InChI is InChI=1S/C23H24N2O4S.C2H4O2/c1-2-3-6-21-24-14-19(12-18(23(28)29)13-20-5-4-11-30-20)25(21)15-16-7-9-17(10-8-16)22(26)27;1-2(3)4/h4-5,7-12,14H,2-3,6,13,15H2,1H3,(H,26,27)(H,28,29);1H3,(H,3,4). The van der Waals surface area contributed by atoms with Crippen molar-refractivity contribution in [2.45, 2.75) is 46.1 Å². The Labute approximate surface area is 201 Å². The molecule has 0 unspecified atom stereocenters.